The Morgan fingerprint density at radius 3 is 2.04 bits per heavy atom. The first-order chi connectivity index (χ1) is 12.8. The molecule has 4 rings (SSSR count). The lowest BCUT2D eigenvalue weighted by Crippen LogP contribution is -2.39. The SMILES string of the molecule is O=c1nc(N2CCOCC2)nc(N(c2ccccc2)c2ccccc2)[nH]1. The number of hydrogen-bond donors (Lipinski definition) is 1. The topological polar surface area (TPSA) is 74.4 Å². The van der Waals surface area contributed by atoms with Crippen LogP contribution in [0.3, 0.4) is 0 Å². The molecule has 1 aliphatic rings. The first-order valence-corrected chi connectivity index (χ1v) is 8.52. The van der Waals surface area contributed by atoms with Crippen LogP contribution in [0.4, 0.5) is 23.3 Å². The molecule has 0 radical (unpaired) electrons. The Hall–Kier alpha value is -3.19. The number of rotatable bonds is 4. The van der Waals surface area contributed by atoms with Crippen LogP contribution >= 0.6 is 0 Å². The summed E-state index contributed by atoms with van der Waals surface area (Å²) in [6.45, 7) is 2.54. The maximum Gasteiger partial charge on any atom is 0.351 e. The lowest BCUT2D eigenvalue weighted by molar-refractivity contribution is 0.122. The standard InChI is InChI=1S/C19H19N5O2/c25-19-21-17(23-11-13-26-14-12-23)20-18(22-19)24(15-7-3-1-4-8-15)16-9-5-2-6-10-16/h1-10H,11-14H2,(H,20,21,22,25). The first-order valence-electron chi connectivity index (χ1n) is 8.52. The number of ether oxygens (including phenoxy) is 1. The third-order valence-corrected chi connectivity index (χ3v) is 4.16. The van der Waals surface area contributed by atoms with E-state index >= 15 is 0 Å². The van der Waals surface area contributed by atoms with Crippen LogP contribution < -0.4 is 15.5 Å². The third kappa shape index (κ3) is 3.43. The van der Waals surface area contributed by atoms with Gasteiger partial charge in [0, 0.05) is 24.5 Å². The fourth-order valence-corrected chi connectivity index (χ4v) is 2.92. The number of hydrogen-bond acceptors (Lipinski definition) is 6. The number of nitrogens with zero attached hydrogens (tertiary/aromatic N) is 4. The fraction of sp³-hybridized carbons (Fsp3) is 0.211. The summed E-state index contributed by atoms with van der Waals surface area (Å²) in [4.78, 5) is 27.6. The highest BCUT2D eigenvalue weighted by atomic mass is 16.5. The maximum absolute atomic E-state index is 12.2. The van der Waals surface area contributed by atoms with Crippen LogP contribution in [0.1, 0.15) is 0 Å². The molecule has 0 aliphatic carbocycles. The summed E-state index contributed by atoms with van der Waals surface area (Å²) in [7, 11) is 0. The Kier molecular flexibility index (Phi) is 4.61. The summed E-state index contributed by atoms with van der Waals surface area (Å²) < 4.78 is 5.37. The molecule has 1 saturated heterocycles. The zero-order valence-electron chi connectivity index (χ0n) is 14.2. The van der Waals surface area contributed by atoms with Crippen molar-refractivity contribution >= 4 is 23.3 Å². The van der Waals surface area contributed by atoms with Crippen molar-refractivity contribution in [3.8, 4) is 0 Å². The van der Waals surface area contributed by atoms with E-state index in [1.54, 1.807) is 0 Å². The highest BCUT2D eigenvalue weighted by Crippen LogP contribution is 2.31. The van der Waals surface area contributed by atoms with Gasteiger partial charge >= 0.3 is 5.69 Å². The second-order valence-corrected chi connectivity index (χ2v) is 5.88. The molecular formula is C19H19N5O2. The number of morpholine rings is 1. The first kappa shape index (κ1) is 16.3. The molecule has 1 aromatic heterocycles. The highest BCUT2D eigenvalue weighted by molar-refractivity contribution is 5.72. The number of aromatic nitrogens is 3. The Bertz CT molecular complexity index is 868. The molecule has 1 aliphatic heterocycles. The number of benzene rings is 2. The molecular weight excluding hydrogens is 330 g/mol. The zero-order valence-corrected chi connectivity index (χ0v) is 14.2. The molecule has 2 aromatic carbocycles. The van der Waals surface area contributed by atoms with Gasteiger partial charge in [-0.15, -0.1) is 0 Å². The molecule has 1 N–H and O–H groups in total. The summed E-state index contributed by atoms with van der Waals surface area (Å²) in [5, 5.41) is 0. The van der Waals surface area contributed by atoms with Crippen LogP contribution in [0.5, 0.6) is 0 Å². The minimum absolute atomic E-state index is 0.420. The van der Waals surface area contributed by atoms with Crippen LogP contribution in [0.2, 0.25) is 0 Å². The second-order valence-electron chi connectivity index (χ2n) is 5.88. The van der Waals surface area contributed by atoms with Crippen molar-refractivity contribution < 1.29 is 4.74 Å². The predicted octanol–water partition coefficient (Wildman–Crippen LogP) is 2.47. The maximum atomic E-state index is 12.2. The second kappa shape index (κ2) is 7.37. The number of H-pyrrole nitrogens is 1. The van der Waals surface area contributed by atoms with E-state index in [2.05, 4.69) is 15.0 Å². The number of nitrogens with one attached hydrogen (secondary N) is 1. The number of para-hydroxylation sites is 2. The lowest BCUT2D eigenvalue weighted by Gasteiger charge is -2.28. The summed E-state index contributed by atoms with van der Waals surface area (Å²) in [5.41, 5.74) is 1.38. The van der Waals surface area contributed by atoms with Gasteiger partial charge in [0.15, 0.2) is 0 Å². The van der Waals surface area contributed by atoms with Gasteiger partial charge in [-0.05, 0) is 24.3 Å². The van der Waals surface area contributed by atoms with Crippen molar-refractivity contribution in [2.75, 3.05) is 36.1 Å². The van der Waals surface area contributed by atoms with E-state index in [9.17, 15) is 4.79 Å². The molecule has 0 saturated carbocycles. The predicted molar refractivity (Wildman–Crippen MR) is 100 cm³/mol. The van der Waals surface area contributed by atoms with Gasteiger partial charge in [-0.1, -0.05) is 36.4 Å². The van der Waals surface area contributed by atoms with E-state index in [0.29, 0.717) is 38.2 Å². The molecule has 0 spiro atoms. The average molecular weight is 349 g/mol. The van der Waals surface area contributed by atoms with Gasteiger partial charge in [0.25, 0.3) is 0 Å². The number of aromatic amines is 1. The van der Waals surface area contributed by atoms with Crippen molar-refractivity contribution in [1.29, 1.82) is 0 Å². The van der Waals surface area contributed by atoms with Crippen molar-refractivity contribution in [1.82, 2.24) is 15.0 Å². The van der Waals surface area contributed by atoms with E-state index in [1.807, 2.05) is 70.5 Å². The largest absolute Gasteiger partial charge is 0.378 e. The fourth-order valence-electron chi connectivity index (χ4n) is 2.92. The Balaban J connectivity index is 1.81. The molecule has 0 unspecified atom stereocenters. The molecule has 2 heterocycles. The Labute approximate surface area is 150 Å². The summed E-state index contributed by atoms with van der Waals surface area (Å²) in [6.07, 6.45) is 0. The van der Waals surface area contributed by atoms with Crippen molar-refractivity contribution in [2.45, 2.75) is 0 Å². The van der Waals surface area contributed by atoms with E-state index < -0.39 is 5.69 Å². The van der Waals surface area contributed by atoms with Gasteiger partial charge in [0.2, 0.25) is 11.9 Å². The third-order valence-electron chi connectivity index (χ3n) is 4.16. The minimum Gasteiger partial charge on any atom is -0.378 e. The summed E-state index contributed by atoms with van der Waals surface area (Å²) in [5.74, 6) is 0.854. The van der Waals surface area contributed by atoms with Gasteiger partial charge < -0.3 is 9.64 Å². The lowest BCUT2D eigenvalue weighted by atomic mass is 10.2. The summed E-state index contributed by atoms with van der Waals surface area (Å²) >= 11 is 0. The van der Waals surface area contributed by atoms with Crippen LogP contribution in [0.25, 0.3) is 0 Å². The monoisotopic (exact) mass is 349 g/mol. The molecule has 7 heteroatoms. The van der Waals surface area contributed by atoms with Crippen LogP contribution in [-0.4, -0.2) is 41.3 Å². The minimum atomic E-state index is -0.423. The average Bonchev–Trinajstić information content (AvgIpc) is 2.70. The van der Waals surface area contributed by atoms with E-state index in [1.165, 1.54) is 0 Å². The van der Waals surface area contributed by atoms with Crippen molar-refractivity contribution in [2.24, 2.45) is 0 Å². The van der Waals surface area contributed by atoms with Crippen molar-refractivity contribution in [3.05, 3.63) is 71.1 Å². The smallest absolute Gasteiger partial charge is 0.351 e. The molecule has 0 amide bonds. The van der Waals surface area contributed by atoms with Gasteiger partial charge in [0.1, 0.15) is 0 Å². The quantitative estimate of drug-likeness (QED) is 0.780. The van der Waals surface area contributed by atoms with Crippen LogP contribution in [-0.2, 0) is 4.74 Å². The molecule has 26 heavy (non-hydrogen) atoms. The molecule has 0 bridgehead atoms. The van der Waals surface area contributed by atoms with E-state index in [-0.39, 0.29) is 0 Å². The summed E-state index contributed by atoms with van der Waals surface area (Å²) in [6, 6.07) is 19.6. The molecule has 132 valence electrons. The van der Waals surface area contributed by atoms with E-state index in [4.69, 9.17) is 4.74 Å². The number of anilines is 4. The highest BCUT2D eigenvalue weighted by Gasteiger charge is 2.19. The normalized spacial score (nSPS) is 14.2. The van der Waals surface area contributed by atoms with Gasteiger partial charge in [0.05, 0.1) is 13.2 Å². The van der Waals surface area contributed by atoms with Gasteiger partial charge in [-0.25, -0.2) is 4.79 Å². The van der Waals surface area contributed by atoms with Gasteiger partial charge in [-0.3, -0.25) is 9.88 Å². The van der Waals surface area contributed by atoms with Crippen LogP contribution in [0, 0.1) is 0 Å². The molecule has 1 fully saturated rings. The Morgan fingerprint density at radius 1 is 0.885 bits per heavy atom. The van der Waals surface area contributed by atoms with E-state index in [0.717, 1.165) is 11.4 Å². The molecule has 0 atom stereocenters. The zero-order chi connectivity index (χ0) is 17.8. The van der Waals surface area contributed by atoms with Crippen LogP contribution in [0.15, 0.2) is 65.5 Å². The van der Waals surface area contributed by atoms with Gasteiger partial charge in [-0.2, -0.15) is 9.97 Å². The van der Waals surface area contributed by atoms with Crippen molar-refractivity contribution in [3.63, 3.8) is 0 Å². The molecule has 7 nitrogen and oxygen atoms in total. The Morgan fingerprint density at radius 2 is 1.46 bits per heavy atom. The molecule has 3 aromatic rings.